The Balaban J connectivity index is 0.949. The van der Waals surface area contributed by atoms with Crippen LogP contribution in [0.3, 0.4) is 0 Å². The molecule has 0 fully saturated rings. The maximum absolute atomic E-state index is 6.97. The first-order chi connectivity index (χ1) is 34.7. The largest absolute Gasteiger partial charge is 0.456 e. The van der Waals surface area contributed by atoms with Crippen LogP contribution in [0.15, 0.2) is 232 Å². The maximum atomic E-state index is 6.97. The highest BCUT2D eigenvalue weighted by atomic mass is 16.3. The molecule has 70 heavy (non-hydrogen) atoms. The van der Waals surface area contributed by atoms with Gasteiger partial charge >= 0.3 is 0 Å². The van der Waals surface area contributed by atoms with Gasteiger partial charge in [-0.3, -0.25) is 0 Å². The van der Waals surface area contributed by atoms with Crippen molar-refractivity contribution in [2.75, 3.05) is 0 Å². The van der Waals surface area contributed by atoms with E-state index in [0.29, 0.717) is 17.5 Å². The minimum Gasteiger partial charge on any atom is -0.456 e. The van der Waals surface area contributed by atoms with Gasteiger partial charge in [-0.05, 0) is 71.8 Å². The minimum atomic E-state index is 0.544. The van der Waals surface area contributed by atoms with E-state index in [1.807, 2.05) is 78.9 Å². The van der Waals surface area contributed by atoms with Crippen LogP contribution in [-0.2, 0) is 0 Å². The highest BCUT2D eigenvalue weighted by Gasteiger charge is 2.24. The summed E-state index contributed by atoms with van der Waals surface area (Å²) < 4.78 is 22.3. The maximum Gasteiger partial charge on any atom is 0.164 e. The van der Waals surface area contributed by atoms with Crippen LogP contribution in [0.5, 0.6) is 0 Å². The summed E-state index contributed by atoms with van der Waals surface area (Å²) in [6.45, 7) is 0. The lowest BCUT2D eigenvalue weighted by Gasteiger charge is -2.13. The molecule has 0 N–H and O–H groups in total. The molecule has 7 nitrogen and oxygen atoms in total. The van der Waals surface area contributed by atoms with Crippen molar-refractivity contribution in [1.29, 1.82) is 0 Å². The second kappa shape index (κ2) is 15.0. The molecule has 0 amide bonds. The van der Waals surface area contributed by atoms with E-state index in [2.05, 4.69) is 144 Å². The van der Waals surface area contributed by atoms with Crippen LogP contribution in [0.2, 0.25) is 0 Å². The van der Waals surface area contributed by atoms with Crippen molar-refractivity contribution in [2.24, 2.45) is 0 Å². The Morgan fingerprint density at radius 1 is 0.300 bits per heavy atom. The van der Waals surface area contributed by atoms with E-state index in [1.54, 1.807) is 0 Å². The fourth-order valence-corrected chi connectivity index (χ4v) is 10.8. The van der Waals surface area contributed by atoms with E-state index in [-0.39, 0.29) is 0 Å². The summed E-state index contributed by atoms with van der Waals surface area (Å²) in [7, 11) is 0. The predicted molar refractivity (Wildman–Crippen MR) is 283 cm³/mol. The van der Waals surface area contributed by atoms with Gasteiger partial charge in [0.1, 0.15) is 33.5 Å². The SMILES string of the molecule is c1ccc(-c2nc(-c3cccc4oc5ccccc5c34)nc(-c3cccc4oc5ccc(-c6ccc(-c7cccc8c9ccccc9n(-c9ccccc9)c78)c7oc8ccccc8c67)cc5c34)n2)cc1. The van der Waals surface area contributed by atoms with Crippen LogP contribution in [0, 0.1) is 0 Å². The molecular weight excluding hydrogens is 861 g/mol. The van der Waals surface area contributed by atoms with Crippen molar-refractivity contribution >= 4 is 87.6 Å². The van der Waals surface area contributed by atoms with Gasteiger partial charge < -0.3 is 17.8 Å². The summed E-state index contributed by atoms with van der Waals surface area (Å²) >= 11 is 0. The molecular formula is C63H36N4O3. The molecule has 0 atom stereocenters. The van der Waals surface area contributed by atoms with Gasteiger partial charge in [-0.1, -0.05) is 158 Å². The monoisotopic (exact) mass is 896 g/mol. The van der Waals surface area contributed by atoms with E-state index < -0.39 is 0 Å². The Morgan fingerprint density at radius 2 is 0.829 bits per heavy atom. The average Bonchev–Trinajstić information content (AvgIpc) is 4.20. The third-order valence-corrected chi connectivity index (χ3v) is 13.9. The zero-order valence-corrected chi connectivity index (χ0v) is 37.3. The minimum absolute atomic E-state index is 0.544. The van der Waals surface area contributed by atoms with Gasteiger partial charge in [-0.25, -0.2) is 15.0 Å². The Kier molecular flexibility index (Phi) is 8.23. The van der Waals surface area contributed by atoms with Crippen LogP contribution < -0.4 is 0 Å². The molecule has 15 rings (SSSR count). The predicted octanol–water partition coefficient (Wildman–Crippen LogP) is 17.0. The molecule has 15 aromatic rings. The Morgan fingerprint density at radius 3 is 1.57 bits per heavy atom. The fourth-order valence-electron chi connectivity index (χ4n) is 10.8. The van der Waals surface area contributed by atoms with Crippen molar-refractivity contribution in [1.82, 2.24) is 19.5 Å². The van der Waals surface area contributed by atoms with Gasteiger partial charge in [-0.15, -0.1) is 0 Å². The molecule has 5 aromatic heterocycles. The van der Waals surface area contributed by atoms with Crippen LogP contribution in [0.1, 0.15) is 0 Å². The lowest BCUT2D eigenvalue weighted by atomic mass is 9.93. The molecule has 10 aromatic carbocycles. The lowest BCUT2D eigenvalue weighted by Crippen LogP contribution is -2.00. The molecule has 0 unspecified atom stereocenters. The Bertz CT molecular complexity index is 4600. The molecule has 0 radical (unpaired) electrons. The number of fused-ring (bicyclic) bond motifs is 12. The van der Waals surface area contributed by atoms with Gasteiger partial charge in [0.2, 0.25) is 0 Å². The highest BCUT2D eigenvalue weighted by Crippen LogP contribution is 2.47. The topological polar surface area (TPSA) is 83.0 Å². The number of hydrogen-bond acceptors (Lipinski definition) is 6. The summed E-state index contributed by atoms with van der Waals surface area (Å²) in [5.74, 6) is 1.67. The van der Waals surface area contributed by atoms with E-state index in [9.17, 15) is 0 Å². The Hall–Kier alpha value is -9.59. The molecule has 0 saturated heterocycles. The quantitative estimate of drug-likeness (QED) is 0.165. The van der Waals surface area contributed by atoms with Crippen molar-refractivity contribution in [3.05, 3.63) is 218 Å². The molecule has 0 aliphatic carbocycles. The Labute approximate surface area is 399 Å². The first-order valence-electron chi connectivity index (χ1n) is 23.4. The molecule has 0 spiro atoms. The lowest BCUT2D eigenvalue weighted by molar-refractivity contribution is 0.668. The molecule has 0 bridgehead atoms. The average molecular weight is 897 g/mol. The second-order valence-corrected chi connectivity index (χ2v) is 17.8. The summed E-state index contributed by atoms with van der Waals surface area (Å²) in [6, 6.07) is 75.5. The van der Waals surface area contributed by atoms with Gasteiger partial charge in [0.15, 0.2) is 17.5 Å². The first kappa shape index (κ1) is 38.5. The van der Waals surface area contributed by atoms with Gasteiger partial charge in [0.25, 0.3) is 0 Å². The number of para-hydroxylation sites is 5. The molecule has 0 aliphatic heterocycles. The number of furan rings is 3. The first-order valence-corrected chi connectivity index (χ1v) is 23.4. The molecule has 0 aliphatic rings. The van der Waals surface area contributed by atoms with Crippen LogP contribution >= 0.6 is 0 Å². The number of nitrogens with zero attached hydrogens (tertiary/aromatic N) is 4. The summed E-state index contributed by atoms with van der Waals surface area (Å²) in [5, 5.41) is 8.34. The molecule has 7 heteroatoms. The third kappa shape index (κ3) is 5.72. The normalized spacial score (nSPS) is 12.0. The van der Waals surface area contributed by atoms with Crippen LogP contribution in [0.25, 0.3) is 150 Å². The van der Waals surface area contributed by atoms with Crippen molar-refractivity contribution in [3.63, 3.8) is 0 Å². The summed E-state index contributed by atoms with van der Waals surface area (Å²) in [6.07, 6.45) is 0. The zero-order valence-electron chi connectivity index (χ0n) is 37.3. The van der Waals surface area contributed by atoms with Gasteiger partial charge in [0.05, 0.1) is 11.0 Å². The standard InChI is InChI=1S/C63H36N4O3/c1-3-16-37(17-4-1)61-64-62(47-25-14-30-54-56(47)45-21-8-11-28-51(45)68-54)66-63(65-61)48-26-15-31-55-57(48)49-36-38(32-35-53(49)69-55)40-33-34-44(60-58(40)46-22-9-12-29-52(46)70-60)43-24-13-23-42-41-20-7-10-27-50(41)67(59(42)43)39-18-5-2-6-19-39/h1-36H. The smallest absolute Gasteiger partial charge is 0.164 e. The van der Waals surface area contributed by atoms with E-state index in [4.69, 9.17) is 28.2 Å². The summed E-state index contributed by atoms with van der Waals surface area (Å²) in [5.41, 5.74) is 15.0. The fraction of sp³-hybridized carbons (Fsp3) is 0. The van der Waals surface area contributed by atoms with Crippen LogP contribution in [-0.4, -0.2) is 19.5 Å². The van der Waals surface area contributed by atoms with Gasteiger partial charge in [-0.2, -0.15) is 0 Å². The summed E-state index contributed by atoms with van der Waals surface area (Å²) in [4.78, 5) is 15.7. The number of aromatic nitrogens is 4. The molecule has 326 valence electrons. The van der Waals surface area contributed by atoms with Crippen molar-refractivity contribution < 1.29 is 13.3 Å². The van der Waals surface area contributed by atoms with Crippen molar-refractivity contribution in [2.45, 2.75) is 0 Å². The van der Waals surface area contributed by atoms with E-state index in [1.165, 1.54) is 10.8 Å². The van der Waals surface area contributed by atoms with Crippen LogP contribution in [0.4, 0.5) is 0 Å². The zero-order chi connectivity index (χ0) is 45.9. The number of rotatable bonds is 6. The highest BCUT2D eigenvalue weighted by molar-refractivity contribution is 6.21. The van der Waals surface area contributed by atoms with E-state index in [0.717, 1.165) is 121 Å². The molecule has 0 saturated carbocycles. The molecule has 5 heterocycles. The number of hydrogen-bond donors (Lipinski definition) is 0. The van der Waals surface area contributed by atoms with E-state index >= 15 is 0 Å². The second-order valence-electron chi connectivity index (χ2n) is 17.8. The number of benzene rings is 10. The third-order valence-electron chi connectivity index (χ3n) is 13.9. The van der Waals surface area contributed by atoms with Gasteiger partial charge in [0, 0.05) is 76.6 Å². The van der Waals surface area contributed by atoms with Crippen molar-refractivity contribution in [3.8, 4) is 62.1 Å².